The quantitative estimate of drug-likeness (QED) is 0.881. The summed E-state index contributed by atoms with van der Waals surface area (Å²) in [7, 11) is 0. The van der Waals surface area contributed by atoms with E-state index < -0.39 is 11.6 Å². The zero-order chi connectivity index (χ0) is 13.3. The summed E-state index contributed by atoms with van der Waals surface area (Å²) < 4.78 is 26.7. The molecule has 1 saturated heterocycles. The van der Waals surface area contributed by atoms with Crippen LogP contribution in [0.15, 0.2) is 18.2 Å². The second-order valence-corrected chi connectivity index (χ2v) is 5.28. The lowest BCUT2D eigenvalue weighted by atomic mass is 9.87. The lowest BCUT2D eigenvalue weighted by Crippen LogP contribution is -2.29. The molecule has 1 aliphatic heterocycles. The molecular weight excluding hydrogens is 236 g/mol. The highest BCUT2D eigenvalue weighted by molar-refractivity contribution is 5.80. The highest BCUT2D eigenvalue weighted by Gasteiger charge is 2.35. The highest BCUT2D eigenvalue weighted by atomic mass is 19.1. The molecule has 1 aromatic rings. The van der Waals surface area contributed by atoms with Gasteiger partial charge in [-0.1, -0.05) is 19.9 Å². The molecule has 2 unspecified atom stereocenters. The predicted octanol–water partition coefficient (Wildman–Crippen LogP) is 2.98. The van der Waals surface area contributed by atoms with Crippen molar-refractivity contribution in [2.24, 2.45) is 5.92 Å². The standard InChI is InChI=1S/C14H17F2NO/c1-8(2)5-13-11(7-14(18)17-13)10-4-3-9(15)6-12(10)16/h3-4,6,8,11,13H,5,7H2,1-2H3,(H,17,18). The molecule has 0 aliphatic carbocycles. The van der Waals surface area contributed by atoms with Gasteiger partial charge in [-0.3, -0.25) is 4.79 Å². The van der Waals surface area contributed by atoms with E-state index in [1.165, 1.54) is 12.1 Å². The van der Waals surface area contributed by atoms with Crippen LogP contribution in [0.4, 0.5) is 8.78 Å². The molecule has 1 amide bonds. The Morgan fingerprint density at radius 2 is 2.11 bits per heavy atom. The van der Waals surface area contributed by atoms with Crippen LogP contribution < -0.4 is 5.32 Å². The van der Waals surface area contributed by atoms with E-state index in [4.69, 9.17) is 0 Å². The first-order chi connectivity index (χ1) is 8.47. The van der Waals surface area contributed by atoms with Gasteiger partial charge in [0.2, 0.25) is 5.91 Å². The molecule has 0 spiro atoms. The second-order valence-electron chi connectivity index (χ2n) is 5.28. The fraction of sp³-hybridized carbons (Fsp3) is 0.500. The van der Waals surface area contributed by atoms with Crippen LogP contribution in [-0.4, -0.2) is 11.9 Å². The summed E-state index contributed by atoms with van der Waals surface area (Å²) in [6.45, 7) is 4.12. The van der Waals surface area contributed by atoms with Crippen LogP contribution >= 0.6 is 0 Å². The summed E-state index contributed by atoms with van der Waals surface area (Å²) in [5.41, 5.74) is 0.431. The van der Waals surface area contributed by atoms with Gasteiger partial charge in [0.25, 0.3) is 0 Å². The van der Waals surface area contributed by atoms with Crippen molar-refractivity contribution >= 4 is 5.91 Å². The number of nitrogens with one attached hydrogen (secondary N) is 1. The Hall–Kier alpha value is -1.45. The summed E-state index contributed by atoms with van der Waals surface area (Å²) in [5.74, 6) is -0.992. The molecule has 0 aromatic heterocycles. The van der Waals surface area contributed by atoms with Gasteiger partial charge in [0.1, 0.15) is 11.6 Å². The Morgan fingerprint density at radius 1 is 1.39 bits per heavy atom. The first-order valence-electron chi connectivity index (χ1n) is 6.21. The average Bonchev–Trinajstić information content (AvgIpc) is 2.58. The molecule has 98 valence electrons. The van der Waals surface area contributed by atoms with Gasteiger partial charge in [0.15, 0.2) is 0 Å². The Morgan fingerprint density at radius 3 is 2.72 bits per heavy atom. The molecule has 2 nitrogen and oxygen atoms in total. The van der Waals surface area contributed by atoms with Gasteiger partial charge in [0, 0.05) is 24.4 Å². The van der Waals surface area contributed by atoms with E-state index in [2.05, 4.69) is 19.2 Å². The molecule has 2 rings (SSSR count). The number of hydrogen-bond acceptors (Lipinski definition) is 1. The molecule has 1 aliphatic rings. The lowest BCUT2D eigenvalue weighted by Gasteiger charge is -2.21. The van der Waals surface area contributed by atoms with Gasteiger partial charge in [0.05, 0.1) is 0 Å². The van der Waals surface area contributed by atoms with Crippen LogP contribution in [0.2, 0.25) is 0 Å². The summed E-state index contributed by atoms with van der Waals surface area (Å²) in [5, 5.41) is 2.88. The van der Waals surface area contributed by atoms with E-state index in [9.17, 15) is 13.6 Å². The third-order valence-electron chi connectivity index (χ3n) is 3.32. The first-order valence-corrected chi connectivity index (χ1v) is 6.21. The molecular formula is C14H17F2NO. The Bertz CT molecular complexity index is 459. The number of amides is 1. The van der Waals surface area contributed by atoms with Crippen molar-refractivity contribution in [3.8, 4) is 0 Å². The molecule has 1 N–H and O–H groups in total. The topological polar surface area (TPSA) is 29.1 Å². The van der Waals surface area contributed by atoms with Crippen LogP contribution in [0.25, 0.3) is 0 Å². The van der Waals surface area contributed by atoms with Crippen molar-refractivity contribution in [1.29, 1.82) is 0 Å². The van der Waals surface area contributed by atoms with Crippen molar-refractivity contribution in [1.82, 2.24) is 5.32 Å². The third kappa shape index (κ3) is 2.68. The van der Waals surface area contributed by atoms with Gasteiger partial charge in [-0.05, 0) is 24.0 Å². The summed E-state index contributed by atoms with van der Waals surface area (Å²) in [6.07, 6.45) is 1.08. The molecule has 4 heteroatoms. The molecule has 0 radical (unpaired) electrons. The van der Waals surface area contributed by atoms with Crippen LogP contribution in [0.1, 0.15) is 38.2 Å². The highest BCUT2D eigenvalue weighted by Crippen LogP contribution is 2.33. The van der Waals surface area contributed by atoms with E-state index in [1.54, 1.807) is 0 Å². The van der Waals surface area contributed by atoms with Gasteiger partial charge in [-0.25, -0.2) is 8.78 Å². The molecule has 1 fully saturated rings. The summed E-state index contributed by atoms with van der Waals surface area (Å²) >= 11 is 0. The van der Waals surface area contributed by atoms with Gasteiger partial charge >= 0.3 is 0 Å². The van der Waals surface area contributed by atoms with E-state index >= 15 is 0 Å². The SMILES string of the molecule is CC(C)CC1NC(=O)CC1c1ccc(F)cc1F. The number of carbonyl (C=O) groups excluding carboxylic acids is 1. The van der Waals surface area contributed by atoms with Crippen LogP contribution in [0, 0.1) is 17.6 Å². The Kier molecular flexibility index (Phi) is 3.64. The normalized spacial score (nSPS) is 23.5. The van der Waals surface area contributed by atoms with Crippen molar-refractivity contribution in [2.45, 2.75) is 38.6 Å². The van der Waals surface area contributed by atoms with E-state index in [0.717, 1.165) is 12.5 Å². The predicted molar refractivity (Wildman–Crippen MR) is 65.1 cm³/mol. The number of halogens is 2. The number of carbonyl (C=O) groups is 1. The van der Waals surface area contributed by atoms with Crippen molar-refractivity contribution in [3.05, 3.63) is 35.4 Å². The van der Waals surface area contributed by atoms with Gasteiger partial charge in [-0.2, -0.15) is 0 Å². The maximum Gasteiger partial charge on any atom is 0.220 e. The first kappa shape index (κ1) is 13.0. The van der Waals surface area contributed by atoms with Crippen LogP contribution in [-0.2, 0) is 4.79 Å². The molecule has 0 saturated carbocycles. The fourth-order valence-electron chi connectivity index (χ4n) is 2.57. The third-order valence-corrected chi connectivity index (χ3v) is 3.32. The number of rotatable bonds is 3. The van der Waals surface area contributed by atoms with Crippen LogP contribution in [0.5, 0.6) is 0 Å². The maximum absolute atomic E-state index is 13.8. The largest absolute Gasteiger partial charge is 0.353 e. The molecule has 18 heavy (non-hydrogen) atoms. The molecule has 0 bridgehead atoms. The van der Waals surface area contributed by atoms with Crippen molar-refractivity contribution < 1.29 is 13.6 Å². The average molecular weight is 253 g/mol. The maximum atomic E-state index is 13.8. The zero-order valence-corrected chi connectivity index (χ0v) is 10.5. The van der Waals surface area contributed by atoms with Gasteiger partial charge < -0.3 is 5.32 Å². The van der Waals surface area contributed by atoms with E-state index in [1.807, 2.05) is 0 Å². The minimum Gasteiger partial charge on any atom is -0.353 e. The van der Waals surface area contributed by atoms with Crippen molar-refractivity contribution in [3.63, 3.8) is 0 Å². The van der Waals surface area contributed by atoms with Gasteiger partial charge in [-0.15, -0.1) is 0 Å². The monoisotopic (exact) mass is 253 g/mol. The molecule has 1 heterocycles. The second kappa shape index (κ2) is 5.04. The fourth-order valence-corrected chi connectivity index (χ4v) is 2.57. The van der Waals surface area contributed by atoms with E-state index in [-0.39, 0.29) is 24.3 Å². The van der Waals surface area contributed by atoms with Crippen molar-refractivity contribution in [2.75, 3.05) is 0 Å². The zero-order valence-electron chi connectivity index (χ0n) is 10.5. The Balaban J connectivity index is 2.26. The molecule has 1 aromatic carbocycles. The minimum absolute atomic E-state index is 0.0579. The lowest BCUT2D eigenvalue weighted by molar-refractivity contribution is -0.119. The minimum atomic E-state index is -0.589. The summed E-state index contributed by atoms with van der Waals surface area (Å²) in [4.78, 5) is 11.5. The molecule has 2 atom stereocenters. The number of hydrogen-bond donors (Lipinski definition) is 1. The smallest absolute Gasteiger partial charge is 0.220 e. The Labute approximate surface area is 105 Å². The number of benzene rings is 1. The van der Waals surface area contributed by atoms with E-state index in [0.29, 0.717) is 11.5 Å². The summed E-state index contributed by atoms with van der Waals surface area (Å²) in [6, 6.07) is 3.51. The van der Waals surface area contributed by atoms with Crippen LogP contribution in [0.3, 0.4) is 0 Å².